The third-order valence-electron chi connectivity index (χ3n) is 2.29. The fourth-order valence-electron chi connectivity index (χ4n) is 1.47. The summed E-state index contributed by atoms with van der Waals surface area (Å²) < 4.78 is 5.70. The van der Waals surface area contributed by atoms with E-state index in [4.69, 9.17) is 11.5 Å². The van der Waals surface area contributed by atoms with Gasteiger partial charge in [0, 0.05) is 13.0 Å². The van der Waals surface area contributed by atoms with E-state index in [1.807, 2.05) is 0 Å². The molecule has 0 bridgehead atoms. The van der Waals surface area contributed by atoms with Crippen molar-refractivity contribution in [2.45, 2.75) is 19.4 Å². The van der Waals surface area contributed by atoms with Crippen LogP contribution in [0.2, 0.25) is 0 Å². The average Bonchev–Trinajstić information content (AvgIpc) is 2.66. The standard InChI is InChI=1S/C10H14N4O4/c1-18-10(17)7-6(11)8(9(12)16)14(13-7)4-2-3-5-15/h5H,2-4,11H2,1H3,(H2,12,16). The molecule has 0 spiro atoms. The van der Waals surface area contributed by atoms with Gasteiger partial charge in [0.25, 0.3) is 5.91 Å². The summed E-state index contributed by atoms with van der Waals surface area (Å²) in [6, 6.07) is 0. The fourth-order valence-corrected chi connectivity index (χ4v) is 1.47. The van der Waals surface area contributed by atoms with Gasteiger partial charge in [-0.15, -0.1) is 0 Å². The van der Waals surface area contributed by atoms with Gasteiger partial charge >= 0.3 is 5.97 Å². The molecule has 8 nitrogen and oxygen atoms in total. The number of nitrogens with zero attached hydrogens (tertiary/aromatic N) is 2. The van der Waals surface area contributed by atoms with Crippen molar-refractivity contribution in [1.29, 1.82) is 0 Å². The second kappa shape index (κ2) is 5.80. The summed E-state index contributed by atoms with van der Waals surface area (Å²) in [5.41, 5.74) is 10.5. The average molecular weight is 254 g/mol. The molecular formula is C10H14N4O4. The van der Waals surface area contributed by atoms with Crippen LogP contribution in [0.25, 0.3) is 0 Å². The minimum Gasteiger partial charge on any atom is -0.464 e. The van der Waals surface area contributed by atoms with Crippen LogP contribution in [0.3, 0.4) is 0 Å². The molecule has 0 fully saturated rings. The lowest BCUT2D eigenvalue weighted by atomic mass is 10.2. The second-order valence-electron chi connectivity index (χ2n) is 3.50. The molecule has 1 heterocycles. The maximum Gasteiger partial charge on any atom is 0.360 e. The van der Waals surface area contributed by atoms with Crippen molar-refractivity contribution in [2.75, 3.05) is 12.8 Å². The van der Waals surface area contributed by atoms with Crippen molar-refractivity contribution in [3.63, 3.8) is 0 Å². The molecule has 1 rings (SSSR count). The summed E-state index contributed by atoms with van der Waals surface area (Å²) in [6.07, 6.45) is 1.52. The minimum atomic E-state index is -0.791. The lowest BCUT2D eigenvalue weighted by molar-refractivity contribution is -0.107. The Kier molecular flexibility index (Phi) is 4.41. The van der Waals surface area contributed by atoms with Crippen LogP contribution in [0.1, 0.15) is 33.8 Å². The number of hydrogen-bond donors (Lipinski definition) is 2. The Balaban J connectivity index is 3.11. The van der Waals surface area contributed by atoms with Crippen LogP contribution >= 0.6 is 0 Å². The number of carbonyl (C=O) groups is 3. The number of anilines is 1. The number of ether oxygens (including phenoxy) is 1. The number of methoxy groups -OCH3 is 1. The highest BCUT2D eigenvalue weighted by molar-refractivity contribution is 6.03. The number of esters is 1. The molecule has 0 atom stereocenters. The molecule has 1 amide bonds. The van der Waals surface area contributed by atoms with Crippen LogP contribution in [0.15, 0.2) is 0 Å². The van der Waals surface area contributed by atoms with Crippen molar-refractivity contribution in [1.82, 2.24) is 9.78 Å². The zero-order chi connectivity index (χ0) is 13.7. The number of hydrogen-bond acceptors (Lipinski definition) is 6. The molecular weight excluding hydrogens is 240 g/mol. The quantitative estimate of drug-likeness (QED) is 0.393. The Labute approximate surface area is 103 Å². The van der Waals surface area contributed by atoms with E-state index in [9.17, 15) is 14.4 Å². The first kappa shape index (κ1) is 13.7. The number of unbranched alkanes of at least 4 members (excludes halogenated alkanes) is 1. The summed E-state index contributed by atoms with van der Waals surface area (Å²) in [4.78, 5) is 32.8. The molecule has 0 aliphatic carbocycles. The van der Waals surface area contributed by atoms with Gasteiger partial charge in [0.15, 0.2) is 5.69 Å². The Morgan fingerprint density at radius 3 is 2.67 bits per heavy atom. The molecule has 0 unspecified atom stereocenters. The lowest BCUT2D eigenvalue weighted by Crippen LogP contribution is -2.19. The normalized spacial score (nSPS) is 10.1. The van der Waals surface area contributed by atoms with Crippen LogP contribution in [0.5, 0.6) is 0 Å². The van der Waals surface area contributed by atoms with E-state index in [2.05, 4.69) is 9.84 Å². The number of carbonyl (C=O) groups excluding carboxylic acids is 3. The largest absolute Gasteiger partial charge is 0.464 e. The summed E-state index contributed by atoms with van der Waals surface area (Å²) >= 11 is 0. The van der Waals surface area contributed by atoms with Crippen LogP contribution in [-0.4, -0.2) is 35.1 Å². The summed E-state index contributed by atoms with van der Waals surface area (Å²) in [6.45, 7) is 0.262. The first-order chi connectivity index (χ1) is 8.52. The highest BCUT2D eigenvalue weighted by atomic mass is 16.5. The summed E-state index contributed by atoms with van der Waals surface area (Å²) in [5.74, 6) is -1.54. The second-order valence-corrected chi connectivity index (χ2v) is 3.50. The summed E-state index contributed by atoms with van der Waals surface area (Å²) in [5, 5.41) is 3.87. The molecule has 18 heavy (non-hydrogen) atoms. The predicted octanol–water partition coefficient (Wildman–Crippen LogP) is -0.670. The van der Waals surface area contributed by atoms with Crippen molar-refractivity contribution < 1.29 is 19.1 Å². The SMILES string of the molecule is COC(=O)c1nn(CCCC=O)c(C(N)=O)c1N. The molecule has 0 aliphatic rings. The maximum absolute atomic E-state index is 11.4. The molecule has 0 aliphatic heterocycles. The third-order valence-corrected chi connectivity index (χ3v) is 2.29. The predicted molar refractivity (Wildman–Crippen MR) is 61.8 cm³/mol. The van der Waals surface area contributed by atoms with E-state index in [1.54, 1.807) is 0 Å². The van der Waals surface area contributed by atoms with Gasteiger partial charge in [-0.3, -0.25) is 9.48 Å². The number of aldehydes is 1. The monoisotopic (exact) mass is 254 g/mol. The van der Waals surface area contributed by atoms with Crippen molar-refractivity contribution in [3.8, 4) is 0 Å². The topological polar surface area (TPSA) is 130 Å². The Morgan fingerprint density at radius 2 is 2.17 bits per heavy atom. The number of primary amides is 1. The van der Waals surface area contributed by atoms with Crippen LogP contribution in [0, 0.1) is 0 Å². The number of aryl methyl sites for hydroxylation is 1. The van der Waals surface area contributed by atoms with Crippen molar-refractivity contribution in [3.05, 3.63) is 11.4 Å². The van der Waals surface area contributed by atoms with Gasteiger partial charge < -0.3 is 21.0 Å². The number of rotatable bonds is 6. The van der Waals surface area contributed by atoms with Gasteiger partial charge in [0.05, 0.1) is 12.8 Å². The number of nitrogens with two attached hydrogens (primary N) is 2. The Bertz CT molecular complexity index is 480. The molecule has 0 saturated carbocycles. The molecule has 0 radical (unpaired) electrons. The smallest absolute Gasteiger partial charge is 0.360 e. The van der Waals surface area contributed by atoms with Crippen LogP contribution in [-0.2, 0) is 16.1 Å². The molecule has 4 N–H and O–H groups in total. The summed E-state index contributed by atoms with van der Waals surface area (Å²) in [7, 11) is 1.18. The Morgan fingerprint density at radius 1 is 1.50 bits per heavy atom. The first-order valence-electron chi connectivity index (χ1n) is 5.21. The highest BCUT2D eigenvalue weighted by Gasteiger charge is 2.24. The zero-order valence-electron chi connectivity index (χ0n) is 9.88. The van der Waals surface area contributed by atoms with Gasteiger partial charge in [-0.05, 0) is 6.42 Å². The van der Waals surface area contributed by atoms with Crippen LogP contribution in [0.4, 0.5) is 5.69 Å². The van der Waals surface area contributed by atoms with E-state index in [0.717, 1.165) is 6.29 Å². The molecule has 98 valence electrons. The molecule has 0 saturated heterocycles. The van der Waals surface area contributed by atoms with Crippen molar-refractivity contribution >= 4 is 23.9 Å². The van der Waals surface area contributed by atoms with E-state index in [-0.39, 0.29) is 23.6 Å². The number of nitrogen functional groups attached to an aromatic ring is 1. The fraction of sp³-hybridized carbons (Fsp3) is 0.400. The first-order valence-corrected chi connectivity index (χ1v) is 5.21. The van der Waals surface area contributed by atoms with E-state index in [1.165, 1.54) is 11.8 Å². The van der Waals surface area contributed by atoms with Gasteiger partial charge in [0.1, 0.15) is 12.0 Å². The van der Waals surface area contributed by atoms with Gasteiger partial charge in [-0.2, -0.15) is 5.10 Å². The van der Waals surface area contributed by atoms with Gasteiger partial charge in [0.2, 0.25) is 0 Å². The highest BCUT2D eigenvalue weighted by Crippen LogP contribution is 2.18. The third kappa shape index (κ3) is 2.65. The molecule has 8 heteroatoms. The van der Waals surface area contributed by atoms with Gasteiger partial charge in [-0.25, -0.2) is 4.79 Å². The lowest BCUT2D eigenvalue weighted by Gasteiger charge is -2.02. The Hall–Kier alpha value is -2.38. The molecule has 1 aromatic heterocycles. The molecule has 1 aromatic rings. The van der Waals surface area contributed by atoms with Gasteiger partial charge in [-0.1, -0.05) is 0 Å². The minimum absolute atomic E-state index is 0.0544. The van der Waals surface area contributed by atoms with E-state index >= 15 is 0 Å². The molecule has 0 aromatic carbocycles. The number of amides is 1. The number of aromatic nitrogens is 2. The van der Waals surface area contributed by atoms with E-state index < -0.39 is 11.9 Å². The van der Waals surface area contributed by atoms with Crippen LogP contribution < -0.4 is 11.5 Å². The van der Waals surface area contributed by atoms with Crippen molar-refractivity contribution in [2.24, 2.45) is 5.73 Å². The maximum atomic E-state index is 11.4. The zero-order valence-corrected chi connectivity index (χ0v) is 9.88. The van der Waals surface area contributed by atoms with E-state index in [0.29, 0.717) is 12.8 Å².